The van der Waals surface area contributed by atoms with E-state index >= 15 is 0 Å². The van der Waals surface area contributed by atoms with Crippen molar-refractivity contribution in [1.29, 1.82) is 0 Å². The molecule has 1 aliphatic rings. The first-order valence-corrected chi connectivity index (χ1v) is 7.36. The maximum atomic E-state index is 5.90. The first-order valence-electron chi connectivity index (χ1n) is 6.04. The minimum Gasteiger partial charge on any atom is -0.406 e. The summed E-state index contributed by atoms with van der Waals surface area (Å²) < 4.78 is 5.48. The minimum absolute atomic E-state index is 0.254. The van der Waals surface area contributed by atoms with Crippen molar-refractivity contribution in [3.05, 3.63) is 27.8 Å². The number of alkyl halides is 1. The molecule has 1 N–H and O–H groups in total. The van der Waals surface area contributed by atoms with Crippen molar-refractivity contribution in [2.75, 3.05) is 5.32 Å². The van der Waals surface area contributed by atoms with E-state index in [-0.39, 0.29) is 11.4 Å². The van der Waals surface area contributed by atoms with Crippen LogP contribution < -0.4 is 5.32 Å². The van der Waals surface area contributed by atoms with Crippen LogP contribution in [0.25, 0.3) is 0 Å². The Balaban J connectivity index is 1.77. The summed E-state index contributed by atoms with van der Waals surface area (Å²) in [6.07, 6.45) is 3.47. The Kier molecular flexibility index (Phi) is 3.26. The summed E-state index contributed by atoms with van der Waals surface area (Å²) in [7, 11) is 0. The fourth-order valence-electron chi connectivity index (χ4n) is 2.24. The molecule has 3 rings (SSSR count). The monoisotopic (exact) mass is 283 g/mol. The lowest BCUT2D eigenvalue weighted by molar-refractivity contribution is 0.492. The van der Waals surface area contributed by atoms with Crippen molar-refractivity contribution in [3.8, 4) is 0 Å². The highest BCUT2D eigenvalue weighted by Gasteiger charge is 2.23. The summed E-state index contributed by atoms with van der Waals surface area (Å²) >= 11 is 7.72. The average molecular weight is 284 g/mol. The highest BCUT2D eigenvalue weighted by molar-refractivity contribution is 7.10. The van der Waals surface area contributed by atoms with Gasteiger partial charge < -0.3 is 9.73 Å². The summed E-state index contributed by atoms with van der Waals surface area (Å²) in [4.78, 5) is 1.46. The van der Waals surface area contributed by atoms with Gasteiger partial charge in [-0.05, 0) is 43.2 Å². The van der Waals surface area contributed by atoms with E-state index in [4.69, 9.17) is 16.0 Å². The van der Waals surface area contributed by atoms with Gasteiger partial charge in [-0.15, -0.1) is 28.0 Å². The van der Waals surface area contributed by atoms with Crippen LogP contribution in [0.3, 0.4) is 0 Å². The molecule has 2 atom stereocenters. The van der Waals surface area contributed by atoms with E-state index in [0.29, 0.717) is 11.9 Å². The van der Waals surface area contributed by atoms with Gasteiger partial charge in [0.2, 0.25) is 5.89 Å². The van der Waals surface area contributed by atoms with Crippen LogP contribution in [-0.2, 0) is 6.42 Å². The van der Waals surface area contributed by atoms with Crippen molar-refractivity contribution < 1.29 is 4.42 Å². The van der Waals surface area contributed by atoms with E-state index in [2.05, 4.69) is 27.0 Å². The van der Waals surface area contributed by atoms with Crippen LogP contribution in [0, 0.1) is 0 Å². The SMILES string of the molecule is CC(Cl)c1nnc(NC2CCCc3sccc32)o1. The van der Waals surface area contributed by atoms with Gasteiger partial charge in [0, 0.05) is 4.88 Å². The summed E-state index contributed by atoms with van der Waals surface area (Å²) in [5.74, 6) is 0.459. The molecule has 6 heteroatoms. The molecule has 0 radical (unpaired) electrons. The number of hydrogen-bond donors (Lipinski definition) is 1. The van der Waals surface area contributed by atoms with E-state index in [1.165, 1.54) is 23.3 Å². The Morgan fingerprint density at radius 2 is 2.44 bits per heavy atom. The minimum atomic E-state index is -0.254. The van der Waals surface area contributed by atoms with E-state index in [1.807, 2.05) is 18.3 Å². The number of halogens is 1. The zero-order valence-corrected chi connectivity index (χ0v) is 11.6. The Labute approximate surface area is 114 Å². The Bertz CT molecular complexity index is 537. The summed E-state index contributed by atoms with van der Waals surface area (Å²) in [5.41, 5.74) is 1.37. The Morgan fingerprint density at radius 3 is 3.22 bits per heavy atom. The molecule has 0 fully saturated rings. The van der Waals surface area contributed by atoms with Crippen LogP contribution in [0.1, 0.15) is 47.5 Å². The molecule has 0 spiro atoms. The van der Waals surface area contributed by atoms with E-state index in [1.54, 1.807) is 0 Å². The molecule has 0 bridgehead atoms. The molecule has 2 unspecified atom stereocenters. The molecule has 2 heterocycles. The number of rotatable bonds is 3. The highest BCUT2D eigenvalue weighted by Crippen LogP contribution is 2.35. The predicted molar refractivity (Wildman–Crippen MR) is 72.2 cm³/mol. The van der Waals surface area contributed by atoms with Gasteiger partial charge in [-0.3, -0.25) is 0 Å². The van der Waals surface area contributed by atoms with Crippen LogP contribution in [0.15, 0.2) is 15.9 Å². The summed E-state index contributed by atoms with van der Waals surface area (Å²) in [6, 6.07) is 2.92. The van der Waals surface area contributed by atoms with Gasteiger partial charge in [0.15, 0.2) is 0 Å². The molecule has 0 aliphatic heterocycles. The lowest BCUT2D eigenvalue weighted by Gasteiger charge is -2.22. The number of fused-ring (bicyclic) bond motifs is 1. The summed E-state index contributed by atoms with van der Waals surface area (Å²) in [5, 5.41) is 13.1. The van der Waals surface area contributed by atoms with Gasteiger partial charge in [0.25, 0.3) is 0 Å². The number of anilines is 1. The number of nitrogens with one attached hydrogen (secondary N) is 1. The van der Waals surface area contributed by atoms with Crippen molar-refractivity contribution >= 4 is 29.0 Å². The molecule has 0 saturated heterocycles. The number of hydrogen-bond acceptors (Lipinski definition) is 5. The topological polar surface area (TPSA) is 51.0 Å². The third-order valence-corrected chi connectivity index (χ3v) is 4.31. The smallest absolute Gasteiger partial charge is 0.316 e. The molecule has 0 saturated carbocycles. The first-order chi connectivity index (χ1) is 8.74. The van der Waals surface area contributed by atoms with Crippen LogP contribution in [-0.4, -0.2) is 10.2 Å². The largest absolute Gasteiger partial charge is 0.406 e. The highest BCUT2D eigenvalue weighted by atomic mass is 35.5. The van der Waals surface area contributed by atoms with E-state index in [9.17, 15) is 0 Å². The molecule has 0 amide bonds. The molecule has 2 aromatic rings. The fraction of sp³-hybridized carbons (Fsp3) is 0.500. The Hall–Kier alpha value is -1.07. The maximum Gasteiger partial charge on any atom is 0.316 e. The van der Waals surface area contributed by atoms with Gasteiger partial charge in [0.05, 0.1) is 6.04 Å². The third kappa shape index (κ3) is 2.24. The number of nitrogens with zero attached hydrogens (tertiary/aromatic N) is 2. The van der Waals surface area contributed by atoms with Crippen molar-refractivity contribution in [3.63, 3.8) is 0 Å². The molecular formula is C12H14ClN3OS. The van der Waals surface area contributed by atoms with Crippen molar-refractivity contribution in [1.82, 2.24) is 10.2 Å². The Morgan fingerprint density at radius 1 is 1.56 bits per heavy atom. The second-order valence-corrected chi connectivity index (χ2v) is 6.11. The van der Waals surface area contributed by atoms with Gasteiger partial charge in [-0.1, -0.05) is 5.10 Å². The fourth-order valence-corrected chi connectivity index (χ4v) is 3.31. The number of aromatic nitrogens is 2. The molecule has 18 heavy (non-hydrogen) atoms. The lowest BCUT2D eigenvalue weighted by atomic mass is 9.94. The molecule has 0 aromatic carbocycles. The lowest BCUT2D eigenvalue weighted by Crippen LogP contribution is -2.15. The number of thiophene rings is 1. The first kappa shape index (κ1) is 12.0. The maximum absolute atomic E-state index is 5.90. The van der Waals surface area contributed by atoms with Gasteiger partial charge >= 0.3 is 6.01 Å². The van der Waals surface area contributed by atoms with Crippen LogP contribution in [0.4, 0.5) is 6.01 Å². The zero-order valence-electron chi connectivity index (χ0n) is 10.0. The molecule has 96 valence electrons. The molecule has 4 nitrogen and oxygen atoms in total. The normalized spacial score (nSPS) is 20.4. The second-order valence-electron chi connectivity index (χ2n) is 4.45. The van der Waals surface area contributed by atoms with Crippen molar-refractivity contribution in [2.24, 2.45) is 0 Å². The third-order valence-electron chi connectivity index (χ3n) is 3.13. The molecular weight excluding hydrogens is 270 g/mol. The van der Waals surface area contributed by atoms with Crippen molar-refractivity contribution in [2.45, 2.75) is 37.6 Å². The van der Waals surface area contributed by atoms with E-state index < -0.39 is 0 Å². The predicted octanol–water partition coefficient (Wildman–Crippen LogP) is 3.92. The van der Waals surface area contributed by atoms with E-state index in [0.717, 1.165) is 6.42 Å². The summed E-state index contributed by atoms with van der Waals surface area (Å²) in [6.45, 7) is 1.82. The molecule has 1 aliphatic carbocycles. The quantitative estimate of drug-likeness (QED) is 0.868. The van der Waals surface area contributed by atoms with Crippen LogP contribution in [0.2, 0.25) is 0 Å². The zero-order chi connectivity index (χ0) is 12.5. The van der Waals surface area contributed by atoms with Gasteiger partial charge in [-0.25, -0.2) is 0 Å². The van der Waals surface area contributed by atoms with Gasteiger partial charge in [0.1, 0.15) is 5.38 Å². The average Bonchev–Trinajstić information content (AvgIpc) is 2.97. The number of aryl methyl sites for hydroxylation is 1. The van der Waals surface area contributed by atoms with Crippen LogP contribution >= 0.6 is 22.9 Å². The molecule has 2 aromatic heterocycles. The second kappa shape index (κ2) is 4.90. The standard InChI is InChI=1S/C12H14ClN3OS/c1-7(13)11-15-16-12(17-11)14-9-3-2-4-10-8(9)5-6-18-10/h5-7,9H,2-4H2,1H3,(H,14,16). The van der Waals surface area contributed by atoms with Crippen LogP contribution in [0.5, 0.6) is 0 Å². The van der Waals surface area contributed by atoms with Gasteiger partial charge in [-0.2, -0.15) is 0 Å².